The van der Waals surface area contributed by atoms with Crippen LogP contribution in [0.2, 0.25) is 0 Å². The molecule has 1 atom stereocenters. The van der Waals surface area contributed by atoms with Crippen LogP contribution in [0, 0.1) is 0 Å². The van der Waals surface area contributed by atoms with Gasteiger partial charge >= 0.3 is 5.97 Å². The maximum Gasteiger partial charge on any atom is 0.310 e. The standard InChI is InChI=1S/C10H14N2O2/c1-7(10(13)14)8-5-4-6-11-9(8)12(2)3/h4-7H,1-3H3,(H,13,14). The fraction of sp³-hybridized carbons (Fsp3) is 0.400. The number of hydrogen-bond acceptors (Lipinski definition) is 3. The van der Waals surface area contributed by atoms with Gasteiger partial charge in [0.2, 0.25) is 0 Å². The Hall–Kier alpha value is -1.58. The van der Waals surface area contributed by atoms with Crippen molar-refractivity contribution in [3.8, 4) is 0 Å². The maximum atomic E-state index is 10.8. The van der Waals surface area contributed by atoms with Crippen molar-refractivity contribution >= 4 is 11.8 Å². The molecule has 0 aliphatic rings. The molecule has 0 aliphatic heterocycles. The van der Waals surface area contributed by atoms with Gasteiger partial charge in [0.1, 0.15) is 5.82 Å². The summed E-state index contributed by atoms with van der Waals surface area (Å²) in [4.78, 5) is 16.8. The average molecular weight is 194 g/mol. The molecular formula is C10H14N2O2. The first-order chi connectivity index (χ1) is 6.54. The molecule has 0 aromatic carbocycles. The maximum absolute atomic E-state index is 10.8. The van der Waals surface area contributed by atoms with E-state index in [2.05, 4.69) is 4.98 Å². The molecule has 14 heavy (non-hydrogen) atoms. The molecule has 1 heterocycles. The fourth-order valence-electron chi connectivity index (χ4n) is 1.25. The molecule has 0 spiro atoms. The Bertz CT molecular complexity index is 337. The summed E-state index contributed by atoms with van der Waals surface area (Å²) in [5.74, 6) is -0.649. The minimum Gasteiger partial charge on any atom is -0.481 e. The third-order valence-electron chi connectivity index (χ3n) is 2.08. The number of nitrogens with zero attached hydrogens (tertiary/aromatic N) is 2. The molecule has 0 bridgehead atoms. The number of carbonyl (C=O) groups is 1. The Morgan fingerprint density at radius 1 is 1.57 bits per heavy atom. The molecule has 1 aromatic rings. The van der Waals surface area contributed by atoms with Gasteiger partial charge in [-0.25, -0.2) is 4.98 Å². The average Bonchev–Trinajstić information content (AvgIpc) is 2.16. The minimum absolute atomic E-state index is 0.527. The normalized spacial score (nSPS) is 12.2. The van der Waals surface area contributed by atoms with Crippen LogP contribution >= 0.6 is 0 Å². The molecule has 0 saturated carbocycles. The lowest BCUT2D eigenvalue weighted by Crippen LogP contribution is -2.17. The summed E-state index contributed by atoms with van der Waals surface area (Å²) in [5.41, 5.74) is 0.741. The van der Waals surface area contributed by atoms with Crippen molar-refractivity contribution in [2.75, 3.05) is 19.0 Å². The van der Waals surface area contributed by atoms with E-state index in [0.717, 1.165) is 5.56 Å². The first kappa shape index (κ1) is 10.5. The van der Waals surface area contributed by atoms with Gasteiger partial charge in [-0.1, -0.05) is 6.07 Å². The molecular weight excluding hydrogens is 180 g/mol. The highest BCUT2D eigenvalue weighted by Crippen LogP contribution is 2.23. The van der Waals surface area contributed by atoms with E-state index in [4.69, 9.17) is 5.11 Å². The zero-order valence-electron chi connectivity index (χ0n) is 8.56. The lowest BCUT2D eigenvalue weighted by Gasteiger charge is -2.17. The Morgan fingerprint density at radius 2 is 2.21 bits per heavy atom. The SMILES string of the molecule is CC(C(=O)O)c1cccnc1N(C)C. The van der Waals surface area contributed by atoms with Crippen molar-refractivity contribution < 1.29 is 9.90 Å². The van der Waals surface area contributed by atoms with E-state index in [9.17, 15) is 4.79 Å². The predicted molar refractivity (Wildman–Crippen MR) is 54.6 cm³/mol. The topological polar surface area (TPSA) is 53.4 Å². The Kier molecular flexibility index (Phi) is 3.06. The van der Waals surface area contributed by atoms with Crippen LogP contribution in [0.15, 0.2) is 18.3 Å². The van der Waals surface area contributed by atoms with E-state index in [0.29, 0.717) is 5.82 Å². The third-order valence-corrected chi connectivity index (χ3v) is 2.08. The summed E-state index contributed by atoms with van der Waals surface area (Å²) in [6.07, 6.45) is 1.66. The second-order valence-electron chi connectivity index (χ2n) is 3.37. The van der Waals surface area contributed by atoms with Crippen molar-refractivity contribution in [1.29, 1.82) is 0 Å². The Balaban J connectivity index is 3.13. The molecule has 1 N–H and O–H groups in total. The number of anilines is 1. The number of hydrogen-bond donors (Lipinski definition) is 1. The fourth-order valence-corrected chi connectivity index (χ4v) is 1.25. The summed E-state index contributed by atoms with van der Waals surface area (Å²) in [5, 5.41) is 8.90. The Labute approximate surface area is 83.2 Å². The van der Waals surface area contributed by atoms with Gasteiger partial charge in [-0.2, -0.15) is 0 Å². The van der Waals surface area contributed by atoms with Crippen LogP contribution in [0.25, 0.3) is 0 Å². The molecule has 4 nitrogen and oxygen atoms in total. The number of carboxylic acids is 1. The minimum atomic E-state index is -0.832. The van der Waals surface area contributed by atoms with Crippen molar-refractivity contribution in [1.82, 2.24) is 4.98 Å². The highest BCUT2D eigenvalue weighted by atomic mass is 16.4. The van der Waals surface area contributed by atoms with Crippen LogP contribution in [0.1, 0.15) is 18.4 Å². The molecule has 76 valence electrons. The summed E-state index contributed by atoms with van der Waals surface area (Å²) < 4.78 is 0. The zero-order valence-corrected chi connectivity index (χ0v) is 8.56. The van der Waals surface area contributed by atoms with Crippen LogP contribution in [0.3, 0.4) is 0 Å². The van der Waals surface area contributed by atoms with Gasteiger partial charge in [-0.05, 0) is 13.0 Å². The number of pyridine rings is 1. The van der Waals surface area contributed by atoms with Crippen molar-refractivity contribution in [2.45, 2.75) is 12.8 Å². The van der Waals surface area contributed by atoms with Gasteiger partial charge < -0.3 is 10.0 Å². The van der Waals surface area contributed by atoms with Crippen LogP contribution in [-0.4, -0.2) is 30.2 Å². The zero-order chi connectivity index (χ0) is 10.7. The molecule has 4 heteroatoms. The summed E-state index contributed by atoms with van der Waals surface area (Å²) in [6.45, 7) is 1.66. The number of aromatic nitrogens is 1. The van der Waals surface area contributed by atoms with Crippen LogP contribution in [-0.2, 0) is 4.79 Å². The van der Waals surface area contributed by atoms with E-state index in [-0.39, 0.29) is 0 Å². The van der Waals surface area contributed by atoms with Crippen molar-refractivity contribution in [3.05, 3.63) is 23.9 Å². The van der Waals surface area contributed by atoms with E-state index in [1.54, 1.807) is 25.3 Å². The lowest BCUT2D eigenvalue weighted by molar-refractivity contribution is -0.138. The molecule has 1 aromatic heterocycles. The largest absolute Gasteiger partial charge is 0.481 e. The lowest BCUT2D eigenvalue weighted by atomic mass is 10.0. The summed E-state index contributed by atoms with van der Waals surface area (Å²) >= 11 is 0. The number of carboxylic acid groups (broad SMARTS) is 1. The third kappa shape index (κ3) is 2.02. The highest BCUT2D eigenvalue weighted by Gasteiger charge is 2.18. The van der Waals surface area contributed by atoms with Crippen molar-refractivity contribution in [3.63, 3.8) is 0 Å². The van der Waals surface area contributed by atoms with Crippen LogP contribution in [0.4, 0.5) is 5.82 Å². The smallest absolute Gasteiger partial charge is 0.310 e. The molecule has 0 radical (unpaired) electrons. The number of aliphatic carboxylic acids is 1. The van der Waals surface area contributed by atoms with Crippen molar-refractivity contribution in [2.24, 2.45) is 0 Å². The van der Waals surface area contributed by atoms with Crippen LogP contribution in [0.5, 0.6) is 0 Å². The molecule has 0 fully saturated rings. The van der Waals surface area contributed by atoms with E-state index < -0.39 is 11.9 Å². The summed E-state index contributed by atoms with van der Waals surface area (Å²) in [6, 6.07) is 3.54. The highest BCUT2D eigenvalue weighted by molar-refractivity contribution is 5.77. The first-order valence-electron chi connectivity index (χ1n) is 4.39. The first-order valence-corrected chi connectivity index (χ1v) is 4.39. The van der Waals surface area contributed by atoms with E-state index in [1.807, 2.05) is 19.0 Å². The molecule has 1 unspecified atom stereocenters. The molecule has 0 saturated heterocycles. The quantitative estimate of drug-likeness (QED) is 0.788. The second-order valence-corrected chi connectivity index (χ2v) is 3.37. The molecule has 1 rings (SSSR count). The molecule has 0 amide bonds. The molecule has 0 aliphatic carbocycles. The second kappa shape index (κ2) is 4.09. The van der Waals surface area contributed by atoms with Gasteiger partial charge in [0.15, 0.2) is 0 Å². The van der Waals surface area contributed by atoms with Gasteiger partial charge in [0.05, 0.1) is 5.92 Å². The summed E-state index contributed by atoms with van der Waals surface area (Å²) in [7, 11) is 3.70. The van der Waals surface area contributed by atoms with Crippen LogP contribution < -0.4 is 4.90 Å². The van der Waals surface area contributed by atoms with E-state index in [1.165, 1.54) is 0 Å². The number of rotatable bonds is 3. The monoisotopic (exact) mass is 194 g/mol. The Morgan fingerprint density at radius 3 is 2.71 bits per heavy atom. The van der Waals surface area contributed by atoms with Gasteiger partial charge in [-0.3, -0.25) is 4.79 Å². The predicted octanol–water partition coefficient (Wildman–Crippen LogP) is 1.34. The van der Waals surface area contributed by atoms with Gasteiger partial charge in [-0.15, -0.1) is 0 Å². The van der Waals surface area contributed by atoms with Gasteiger partial charge in [0, 0.05) is 25.9 Å². The van der Waals surface area contributed by atoms with E-state index >= 15 is 0 Å². The van der Waals surface area contributed by atoms with Gasteiger partial charge in [0.25, 0.3) is 0 Å².